The standard InChI is InChI=1S/C9H7ClN2.C6H2Cl2N2/c1-6(2)7-3-8(10)9(4-11)12-5-7;7-4-1-5(8)6(2-9)10-3-4/h3,5H,1H2,2H3;1,3H. The summed E-state index contributed by atoms with van der Waals surface area (Å²) in [5.41, 5.74) is 2.20. The van der Waals surface area contributed by atoms with E-state index in [-0.39, 0.29) is 16.4 Å². The Morgan fingerprint density at radius 3 is 1.91 bits per heavy atom. The van der Waals surface area contributed by atoms with Crippen LogP contribution in [0.25, 0.3) is 5.57 Å². The lowest BCUT2D eigenvalue weighted by atomic mass is 10.1. The van der Waals surface area contributed by atoms with Gasteiger partial charge >= 0.3 is 0 Å². The normalized spacial score (nSPS) is 9.00. The number of rotatable bonds is 1. The Bertz CT molecular complexity index is 788. The van der Waals surface area contributed by atoms with Gasteiger partial charge in [-0.1, -0.05) is 41.4 Å². The lowest BCUT2D eigenvalue weighted by Gasteiger charge is -1.99. The Morgan fingerprint density at radius 2 is 1.50 bits per heavy atom. The van der Waals surface area contributed by atoms with Gasteiger partial charge in [-0.25, -0.2) is 9.97 Å². The summed E-state index contributed by atoms with van der Waals surface area (Å²) in [6.07, 6.45) is 2.97. The van der Waals surface area contributed by atoms with E-state index in [1.54, 1.807) is 12.3 Å². The molecule has 0 aliphatic heterocycles. The van der Waals surface area contributed by atoms with Gasteiger partial charge in [0.05, 0.1) is 15.1 Å². The van der Waals surface area contributed by atoms with Crippen LogP contribution < -0.4 is 0 Å². The molecule has 0 amide bonds. The average Bonchev–Trinajstić information content (AvgIpc) is 2.48. The molecule has 0 bridgehead atoms. The predicted molar refractivity (Wildman–Crippen MR) is 87.6 cm³/mol. The van der Waals surface area contributed by atoms with Gasteiger partial charge in [0.1, 0.15) is 12.1 Å². The van der Waals surface area contributed by atoms with Crippen molar-refractivity contribution in [3.8, 4) is 12.1 Å². The average molecular weight is 352 g/mol. The molecule has 2 rings (SSSR count). The van der Waals surface area contributed by atoms with Crippen molar-refractivity contribution < 1.29 is 0 Å². The van der Waals surface area contributed by atoms with E-state index in [9.17, 15) is 0 Å². The van der Waals surface area contributed by atoms with Crippen LogP contribution in [0.5, 0.6) is 0 Å². The van der Waals surface area contributed by atoms with Crippen molar-refractivity contribution in [2.75, 3.05) is 0 Å². The van der Waals surface area contributed by atoms with Gasteiger partial charge in [-0.15, -0.1) is 0 Å². The Morgan fingerprint density at radius 1 is 1.00 bits per heavy atom. The molecule has 0 spiro atoms. The fourth-order valence-electron chi connectivity index (χ4n) is 1.25. The number of nitrogens with zero attached hydrogens (tertiary/aromatic N) is 4. The van der Waals surface area contributed by atoms with Gasteiger partial charge in [0, 0.05) is 12.4 Å². The van der Waals surface area contributed by atoms with Crippen molar-refractivity contribution in [1.29, 1.82) is 10.5 Å². The van der Waals surface area contributed by atoms with E-state index in [0.717, 1.165) is 11.1 Å². The Kier molecular flexibility index (Phi) is 6.82. The summed E-state index contributed by atoms with van der Waals surface area (Å²) in [7, 11) is 0. The molecule has 0 fully saturated rings. The van der Waals surface area contributed by atoms with Gasteiger partial charge in [0.15, 0.2) is 11.4 Å². The van der Waals surface area contributed by atoms with Crippen LogP contribution in [-0.4, -0.2) is 9.97 Å². The summed E-state index contributed by atoms with van der Waals surface area (Å²) < 4.78 is 0. The minimum atomic E-state index is 0.200. The molecule has 0 N–H and O–H groups in total. The van der Waals surface area contributed by atoms with Crippen LogP contribution in [0.15, 0.2) is 31.1 Å². The zero-order valence-corrected chi connectivity index (χ0v) is 13.7. The van der Waals surface area contributed by atoms with Crippen molar-refractivity contribution in [1.82, 2.24) is 9.97 Å². The molecule has 7 heteroatoms. The third-order valence-corrected chi connectivity index (χ3v) is 3.14. The second-order valence-corrected chi connectivity index (χ2v) is 5.29. The molecule has 0 saturated heterocycles. The molecular weight excluding hydrogens is 343 g/mol. The van der Waals surface area contributed by atoms with Gasteiger partial charge in [0.2, 0.25) is 0 Å². The summed E-state index contributed by atoms with van der Waals surface area (Å²) in [5.74, 6) is 0. The first-order valence-electron chi connectivity index (χ1n) is 5.81. The SMILES string of the molecule is C=C(C)c1cnc(C#N)c(Cl)c1.N#Cc1ncc(Cl)cc1Cl. The molecule has 0 atom stereocenters. The minimum Gasteiger partial charge on any atom is -0.243 e. The lowest BCUT2D eigenvalue weighted by Crippen LogP contribution is -1.86. The summed E-state index contributed by atoms with van der Waals surface area (Å²) in [5, 5.41) is 18.0. The van der Waals surface area contributed by atoms with Crippen molar-refractivity contribution in [2.45, 2.75) is 6.92 Å². The zero-order chi connectivity index (χ0) is 16.7. The molecule has 0 aliphatic carbocycles. The number of allylic oxidation sites excluding steroid dienone is 1. The van der Waals surface area contributed by atoms with Crippen molar-refractivity contribution in [3.63, 3.8) is 0 Å². The van der Waals surface area contributed by atoms with Gasteiger partial charge in [-0.2, -0.15) is 10.5 Å². The second kappa shape index (κ2) is 8.36. The first-order chi connectivity index (χ1) is 10.4. The molecule has 0 unspecified atom stereocenters. The topological polar surface area (TPSA) is 73.4 Å². The fraction of sp³-hybridized carbons (Fsp3) is 0.0667. The third-order valence-electron chi connectivity index (χ3n) is 2.35. The molecule has 22 heavy (non-hydrogen) atoms. The summed E-state index contributed by atoms with van der Waals surface area (Å²) in [4.78, 5) is 7.54. The van der Waals surface area contributed by atoms with E-state index in [1.165, 1.54) is 12.3 Å². The van der Waals surface area contributed by atoms with Gasteiger partial charge < -0.3 is 0 Å². The highest BCUT2D eigenvalue weighted by Crippen LogP contribution is 2.18. The van der Waals surface area contributed by atoms with Crippen molar-refractivity contribution in [3.05, 3.63) is 63.1 Å². The first kappa shape index (κ1) is 17.9. The first-order valence-corrected chi connectivity index (χ1v) is 6.95. The summed E-state index contributed by atoms with van der Waals surface area (Å²) >= 11 is 16.8. The smallest absolute Gasteiger partial charge is 0.159 e. The van der Waals surface area contributed by atoms with Crippen LogP contribution in [-0.2, 0) is 0 Å². The monoisotopic (exact) mass is 350 g/mol. The number of nitriles is 2. The van der Waals surface area contributed by atoms with Crippen molar-refractivity contribution in [2.24, 2.45) is 0 Å². The van der Waals surface area contributed by atoms with E-state index >= 15 is 0 Å². The maximum Gasteiger partial charge on any atom is 0.159 e. The molecular formula is C15H9Cl3N4. The lowest BCUT2D eigenvalue weighted by molar-refractivity contribution is 1.25. The van der Waals surface area contributed by atoms with Crippen LogP contribution in [0.4, 0.5) is 0 Å². The van der Waals surface area contributed by atoms with Crippen LogP contribution in [0, 0.1) is 22.7 Å². The highest BCUT2D eigenvalue weighted by atomic mass is 35.5. The molecule has 0 saturated carbocycles. The van der Waals surface area contributed by atoms with Crippen molar-refractivity contribution >= 4 is 40.4 Å². The van der Waals surface area contributed by atoms with E-state index in [0.29, 0.717) is 10.0 Å². The number of hydrogen-bond donors (Lipinski definition) is 0. The molecule has 2 aromatic rings. The number of aromatic nitrogens is 2. The Hall–Kier alpha value is -2.11. The highest BCUT2D eigenvalue weighted by Gasteiger charge is 2.02. The van der Waals surface area contributed by atoms with E-state index in [1.807, 2.05) is 19.1 Å². The molecule has 0 radical (unpaired) electrons. The van der Waals surface area contributed by atoms with Gasteiger partial charge in [-0.3, -0.25) is 0 Å². The number of hydrogen-bond acceptors (Lipinski definition) is 4. The van der Waals surface area contributed by atoms with Crippen LogP contribution >= 0.6 is 34.8 Å². The van der Waals surface area contributed by atoms with Crippen LogP contribution in [0.1, 0.15) is 23.9 Å². The van der Waals surface area contributed by atoms with E-state index in [4.69, 9.17) is 45.3 Å². The maximum absolute atomic E-state index is 8.53. The second-order valence-electron chi connectivity index (χ2n) is 4.04. The molecule has 4 nitrogen and oxygen atoms in total. The predicted octanol–water partition coefficient (Wildman–Crippen LogP) is 4.90. The van der Waals surface area contributed by atoms with E-state index < -0.39 is 0 Å². The summed E-state index contributed by atoms with van der Waals surface area (Å²) in [6, 6.07) is 6.88. The van der Waals surface area contributed by atoms with Gasteiger partial charge in [-0.05, 0) is 30.2 Å². The largest absolute Gasteiger partial charge is 0.243 e. The molecule has 0 aliphatic rings. The quantitative estimate of drug-likeness (QED) is 0.732. The molecule has 2 aromatic heterocycles. The minimum absolute atomic E-state index is 0.200. The number of pyridine rings is 2. The Labute approximate surface area is 143 Å². The summed E-state index contributed by atoms with van der Waals surface area (Å²) in [6.45, 7) is 5.60. The maximum atomic E-state index is 8.53. The Balaban J connectivity index is 0.000000224. The van der Waals surface area contributed by atoms with Crippen LogP contribution in [0.3, 0.4) is 0 Å². The fourth-order valence-corrected chi connectivity index (χ4v) is 1.88. The van der Waals surface area contributed by atoms with Gasteiger partial charge in [0.25, 0.3) is 0 Å². The van der Waals surface area contributed by atoms with E-state index in [2.05, 4.69) is 16.5 Å². The van der Waals surface area contributed by atoms with Crippen LogP contribution in [0.2, 0.25) is 15.1 Å². The molecule has 2 heterocycles. The zero-order valence-electron chi connectivity index (χ0n) is 11.4. The number of halogens is 3. The highest BCUT2D eigenvalue weighted by molar-refractivity contribution is 6.35. The molecule has 110 valence electrons. The molecule has 0 aromatic carbocycles. The third kappa shape index (κ3) is 5.02.